The smallest absolute Gasteiger partial charge is 0.318 e. The predicted molar refractivity (Wildman–Crippen MR) is 107 cm³/mol. The van der Waals surface area contributed by atoms with Crippen LogP contribution in [0, 0.1) is 11.7 Å². The van der Waals surface area contributed by atoms with Crippen molar-refractivity contribution in [3.8, 4) is 11.3 Å². The van der Waals surface area contributed by atoms with Gasteiger partial charge >= 0.3 is 6.03 Å². The first-order valence-corrected chi connectivity index (χ1v) is 10.2. The molecule has 2 aliphatic rings. The molecule has 0 bridgehead atoms. The highest BCUT2D eigenvalue weighted by atomic mass is 35.5. The first-order chi connectivity index (χ1) is 13.9. The van der Waals surface area contributed by atoms with Crippen LogP contribution in [0.2, 0.25) is 5.02 Å². The van der Waals surface area contributed by atoms with Gasteiger partial charge in [0.25, 0.3) is 5.91 Å². The van der Waals surface area contributed by atoms with Crippen LogP contribution in [-0.4, -0.2) is 39.2 Å². The largest absolute Gasteiger partial charge is 0.365 e. The van der Waals surface area contributed by atoms with Crippen LogP contribution in [-0.2, 0) is 13.1 Å². The fourth-order valence-corrected chi connectivity index (χ4v) is 4.23. The number of carbonyl (C=O) groups excluding carboxylic acids is 2. The Labute approximate surface area is 173 Å². The predicted octanol–water partition coefficient (Wildman–Crippen LogP) is 3.16. The zero-order chi connectivity index (χ0) is 20.7. The van der Waals surface area contributed by atoms with Gasteiger partial charge in [-0.15, -0.1) is 0 Å². The van der Waals surface area contributed by atoms with E-state index in [-0.39, 0.29) is 29.2 Å². The van der Waals surface area contributed by atoms with Gasteiger partial charge in [-0.05, 0) is 37.0 Å². The fraction of sp³-hybridized carbons (Fsp3) is 0.450. The summed E-state index contributed by atoms with van der Waals surface area (Å²) >= 11 is 5.89. The van der Waals surface area contributed by atoms with E-state index in [1.165, 1.54) is 18.2 Å². The molecule has 0 unspecified atom stereocenters. The molecule has 1 aliphatic heterocycles. The minimum absolute atomic E-state index is 0.0595. The quantitative estimate of drug-likeness (QED) is 0.797. The van der Waals surface area contributed by atoms with Crippen molar-refractivity contribution in [2.75, 3.05) is 6.54 Å². The van der Waals surface area contributed by atoms with E-state index in [4.69, 9.17) is 17.3 Å². The van der Waals surface area contributed by atoms with Crippen molar-refractivity contribution in [3.63, 3.8) is 0 Å². The minimum atomic E-state index is -0.645. The highest BCUT2D eigenvalue weighted by molar-refractivity contribution is 6.31. The maximum absolute atomic E-state index is 13.5. The lowest BCUT2D eigenvalue weighted by Crippen LogP contribution is -2.51. The molecule has 0 spiro atoms. The number of urea groups is 1. The van der Waals surface area contributed by atoms with Gasteiger partial charge in [-0.3, -0.25) is 9.48 Å². The van der Waals surface area contributed by atoms with Crippen LogP contribution in [0.4, 0.5) is 9.18 Å². The molecule has 29 heavy (non-hydrogen) atoms. The second kappa shape index (κ2) is 7.67. The van der Waals surface area contributed by atoms with Gasteiger partial charge in [-0.1, -0.05) is 24.9 Å². The summed E-state index contributed by atoms with van der Waals surface area (Å²) < 4.78 is 15.2. The van der Waals surface area contributed by atoms with E-state index < -0.39 is 11.7 Å². The van der Waals surface area contributed by atoms with Crippen LogP contribution in [0.15, 0.2) is 18.2 Å². The first-order valence-electron chi connectivity index (χ1n) is 9.77. The van der Waals surface area contributed by atoms with Crippen LogP contribution in [0.5, 0.6) is 0 Å². The molecule has 2 aromatic rings. The number of aromatic nitrogens is 2. The van der Waals surface area contributed by atoms with Crippen molar-refractivity contribution in [1.82, 2.24) is 20.0 Å². The van der Waals surface area contributed by atoms with Gasteiger partial charge in [0.05, 0.1) is 29.4 Å². The highest BCUT2D eigenvalue weighted by Gasteiger charge is 2.33. The number of hydrogen-bond acceptors (Lipinski definition) is 3. The molecule has 1 aliphatic carbocycles. The average Bonchev–Trinajstić information content (AvgIpc) is 3.05. The Bertz CT molecular complexity index is 970. The molecule has 3 amide bonds. The summed E-state index contributed by atoms with van der Waals surface area (Å²) in [6, 6.07) is 4.23. The van der Waals surface area contributed by atoms with E-state index in [1.807, 2.05) is 0 Å². The molecule has 1 fully saturated rings. The van der Waals surface area contributed by atoms with E-state index in [0.29, 0.717) is 36.0 Å². The lowest BCUT2D eigenvalue weighted by molar-refractivity contribution is 0.0996. The molecule has 0 saturated heterocycles. The van der Waals surface area contributed by atoms with Crippen molar-refractivity contribution < 1.29 is 14.0 Å². The Balaban J connectivity index is 1.57. The summed E-state index contributed by atoms with van der Waals surface area (Å²) in [6.45, 7) is 3.31. The number of nitrogens with one attached hydrogen (secondary N) is 1. The molecule has 2 heterocycles. The number of carbonyl (C=O) groups is 2. The van der Waals surface area contributed by atoms with E-state index in [9.17, 15) is 14.0 Å². The Kier molecular flexibility index (Phi) is 5.21. The van der Waals surface area contributed by atoms with Gasteiger partial charge in [-0.2, -0.15) is 5.10 Å². The van der Waals surface area contributed by atoms with Gasteiger partial charge in [0.2, 0.25) is 0 Å². The van der Waals surface area contributed by atoms with Gasteiger partial charge < -0.3 is 16.0 Å². The number of primary amides is 1. The Hall–Kier alpha value is -2.61. The zero-order valence-corrected chi connectivity index (χ0v) is 16.9. The van der Waals surface area contributed by atoms with Crippen molar-refractivity contribution in [2.45, 2.75) is 45.3 Å². The zero-order valence-electron chi connectivity index (χ0n) is 16.1. The molecular weight excluding hydrogens is 397 g/mol. The maximum atomic E-state index is 13.5. The summed E-state index contributed by atoms with van der Waals surface area (Å²) in [7, 11) is 0. The molecule has 1 aromatic carbocycles. The molecular formula is C20H23ClFN5O2. The average molecular weight is 420 g/mol. The summed E-state index contributed by atoms with van der Waals surface area (Å²) in [5.74, 6) is -0.507. The highest BCUT2D eigenvalue weighted by Crippen LogP contribution is 2.32. The lowest BCUT2D eigenvalue weighted by atomic mass is 9.79. The second-order valence-electron chi connectivity index (χ2n) is 7.70. The third-order valence-corrected chi connectivity index (χ3v) is 6.14. The maximum Gasteiger partial charge on any atom is 0.318 e. The molecule has 1 saturated carbocycles. The van der Waals surface area contributed by atoms with Crippen LogP contribution >= 0.6 is 11.6 Å². The van der Waals surface area contributed by atoms with Crippen molar-refractivity contribution in [1.29, 1.82) is 0 Å². The van der Waals surface area contributed by atoms with Crippen molar-refractivity contribution >= 4 is 23.5 Å². The lowest BCUT2D eigenvalue weighted by Gasteiger charge is -2.37. The number of halogens is 2. The molecule has 0 radical (unpaired) electrons. The minimum Gasteiger partial charge on any atom is -0.365 e. The van der Waals surface area contributed by atoms with Crippen LogP contribution in [0.25, 0.3) is 11.3 Å². The van der Waals surface area contributed by atoms with E-state index in [0.717, 1.165) is 19.3 Å². The van der Waals surface area contributed by atoms with Gasteiger partial charge in [-0.25, -0.2) is 9.18 Å². The molecule has 0 atom stereocenters. The van der Waals surface area contributed by atoms with E-state index in [2.05, 4.69) is 17.3 Å². The second-order valence-corrected chi connectivity index (χ2v) is 8.11. The third kappa shape index (κ3) is 3.69. The van der Waals surface area contributed by atoms with Crippen LogP contribution < -0.4 is 11.1 Å². The monoisotopic (exact) mass is 419 g/mol. The normalized spacial score (nSPS) is 20.7. The number of rotatable bonds is 4. The van der Waals surface area contributed by atoms with Crippen molar-refractivity contribution in [2.24, 2.45) is 11.7 Å². The van der Waals surface area contributed by atoms with Gasteiger partial charge in [0.15, 0.2) is 0 Å². The van der Waals surface area contributed by atoms with Crippen LogP contribution in [0.3, 0.4) is 0 Å². The number of benzene rings is 1. The number of nitrogens with two attached hydrogens (primary N) is 1. The van der Waals surface area contributed by atoms with E-state index in [1.54, 1.807) is 9.58 Å². The molecule has 9 heteroatoms. The number of fused-ring (bicyclic) bond motifs is 1. The molecule has 154 valence electrons. The molecule has 1 aromatic heterocycles. The number of hydrogen-bond donors (Lipinski definition) is 2. The fourth-order valence-electron chi connectivity index (χ4n) is 4.05. The molecule has 4 rings (SSSR count). The number of nitrogens with zero attached hydrogens (tertiary/aromatic N) is 3. The third-order valence-electron chi connectivity index (χ3n) is 5.85. The Morgan fingerprint density at radius 2 is 2.10 bits per heavy atom. The summed E-state index contributed by atoms with van der Waals surface area (Å²) in [4.78, 5) is 26.5. The van der Waals surface area contributed by atoms with Crippen molar-refractivity contribution in [3.05, 3.63) is 40.3 Å². The van der Waals surface area contributed by atoms with E-state index >= 15 is 0 Å². The summed E-state index contributed by atoms with van der Waals surface area (Å²) in [6.07, 6.45) is 3.15. The summed E-state index contributed by atoms with van der Waals surface area (Å²) in [5, 5.41) is 7.50. The molecule has 3 N–H and O–H groups in total. The Morgan fingerprint density at radius 3 is 2.76 bits per heavy atom. The Morgan fingerprint density at radius 1 is 1.34 bits per heavy atom. The molecule has 7 nitrogen and oxygen atoms in total. The SMILES string of the molecule is CCC1CC(NC(=O)N2CCn3nc(-c4ccc(F)c(Cl)c4)c(C(N)=O)c3C2)C1. The standard InChI is InChI=1S/C20H23ClFN5O2/c1-2-11-7-13(8-11)24-20(29)26-5-6-27-16(10-26)17(19(23)28)18(25-27)12-3-4-15(22)14(21)9-12/h3-4,9,11,13H,2,5-8,10H2,1H3,(H2,23,28)(H,24,29). The topological polar surface area (TPSA) is 93.2 Å². The number of amides is 3. The summed E-state index contributed by atoms with van der Waals surface area (Å²) in [5.41, 5.74) is 7.30. The van der Waals surface area contributed by atoms with Crippen LogP contribution in [0.1, 0.15) is 42.2 Å². The van der Waals surface area contributed by atoms with Gasteiger partial charge in [0.1, 0.15) is 11.5 Å². The van der Waals surface area contributed by atoms with Gasteiger partial charge in [0, 0.05) is 18.2 Å². The first kappa shape index (κ1) is 19.7.